The van der Waals surface area contributed by atoms with Crippen molar-refractivity contribution in [3.05, 3.63) is 29.3 Å². The average Bonchev–Trinajstić information content (AvgIpc) is 3.36. The number of hydrogen-bond donors (Lipinski definition) is 1. The maximum Gasteiger partial charge on any atom is 0.316 e. The second-order valence-corrected chi connectivity index (χ2v) is 8.00. The number of nitrogens with one attached hydrogen (secondary N) is 1. The molecule has 9 nitrogen and oxygen atoms in total. The number of nitriles is 1. The Labute approximate surface area is 172 Å². The van der Waals surface area contributed by atoms with E-state index in [1.807, 2.05) is 32.0 Å². The van der Waals surface area contributed by atoms with Crippen LogP contribution in [0.2, 0.25) is 0 Å². The molecule has 1 fully saturated rings. The summed E-state index contributed by atoms with van der Waals surface area (Å²) in [4.78, 5) is 24.1. The lowest BCUT2D eigenvalue weighted by Gasteiger charge is -2.21. The number of carbonyl (C=O) groups is 2. The third-order valence-electron chi connectivity index (χ3n) is 4.77. The lowest BCUT2D eigenvalue weighted by Crippen LogP contribution is -2.46. The van der Waals surface area contributed by atoms with E-state index in [0.717, 1.165) is 41.4 Å². The smallest absolute Gasteiger partial charge is 0.316 e. The minimum Gasteiger partial charge on any atom is -0.455 e. The molecular weight excluding hydrogens is 392 g/mol. The Morgan fingerprint density at radius 2 is 2.10 bits per heavy atom. The van der Waals surface area contributed by atoms with Crippen LogP contribution in [-0.4, -0.2) is 50.0 Å². The maximum atomic E-state index is 12.0. The molecule has 0 aliphatic heterocycles. The van der Waals surface area contributed by atoms with Crippen molar-refractivity contribution >= 4 is 23.6 Å². The lowest BCUT2D eigenvalue weighted by atomic mass is 10.00. The largest absolute Gasteiger partial charge is 0.455 e. The number of aromatic nitrogens is 4. The molecule has 0 radical (unpaired) electrons. The van der Waals surface area contributed by atoms with E-state index in [9.17, 15) is 14.9 Å². The van der Waals surface area contributed by atoms with E-state index in [4.69, 9.17) is 4.74 Å². The average molecular weight is 414 g/mol. The summed E-state index contributed by atoms with van der Waals surface area (Å²) in [5, 5.41) is 24.1. The highest BCUT2D eigenvalue weighted by atomic mass is 32.2. The zero-order chi connectivity index (χ0) is 20.9. The van der Waals surface area contributed by atoms with Crippen LogP contribution in [0.3, 0.4) is 0 Å². The molecule has 3 rings (SSSR count). The highest BCUT2D eigenvalue weighted by Gasteiger charge is 2.35. The summed E-state index contributed by atoms with van der Waals surface area (Å²) >= 11 is 1.13. The number of nitrogens with zero attached hydrogens (tertiary/aromatic N) is 5. The highest BCUT2D eigenvalue weighted by Crippen LogP contribution is 2.28. The monoisotopic (exact) mass is 414 g/mol. The zero-order valence-corrected chi connectivity index (χ0v) is 17.2. The second-order valence-electron chi connectivity index (χ2n) is 7.06. The first kappa shape index (κ1) is 20.8. The summed E-state index contributed by atoms with van der Waals surface area (Å²) in [5.74, 6) is -1.06. The van der Waals surface area contributed by atoms with Gasteiger partial charge in [-0.25, -0.2) is 0 Å². The van der Waals surface area contributed by atoms with Gasteiger partial charge in [0.2, 0.25) is 5.16 Å². The first-order valence-corrected chi connectivity index (χ1v) is 10.3. The van der Waals surface area contributed by atoms with Crippen molar-refractivity contribution in [3.63, 3.8) is 0 Å². The van der Waals surface area contributed by atoms with Gasteiger partial charge < -0.3 is 10.1 Å². The fraction of sp³-hybridized carbons (Fsp3) is 0.474. The van der Waals surface area contributed by atoms with Crippen molar-refractivity contribution in [1.82, 2.24) is 25.5 Å². The third kappa shape index (κ3) is 5.12. The minimum atomic E-state index is -0.827. The normalized spacial score (nSPS) is 14.9. The van der Waals surface area contributed by atoms with Crippen LogP contribution in [0.25, 0.3) is 5.69 Å². The Bertz CT molecular complexity index is 946. The number of ether oxygens (including phenoxy) is 1. The number of esters is 1. The molecule has 0 atom stereocenters. The molecule has 1 saturated carbocycles. The number of benzene rings is 1. The molecule has 0 spiro atoms. The van der Waals surface area contributed by atoms with Gasteiger partial charge >= 0.3 is 5.97 Å². The van der Waals surface area contributed by atoms with Crippen LogP contribution in [-0.2, 0) is 14.3 Å². The maximum absolute atomic E-state index is 12.0. The summed E-state index contributed by atoms with van der Waals surface area (Å²) in [5.41, 5.74) is 2.08. The SMILES string of the molecule is Cc1ccc(C)c(-n2nnnc2SCC(=O)OCC(=O)NC2(C#N)CCCC2)c1. The van der Waals surface area contributed by atoms with Crippen LogP contribution >= 0.6 is 11.8 Å². The molecule has 1 aliphatic carbocycles. The van der Waals surface area contributed by atoms with Crippen LogP contribution in [0.4, 0.5) is 0 Å². The molecule has 152 valence electrons. The number of rotatable bonds is 7. The molecule has 1 aromatic heterocycles. The van der Waals surface area contributed by atoms with Crippen LogP contribution in [0.15, 0.2) is 23.4 Å². The highest BCUT2D eigenvalue weighted by molar-refractivity contribution is 7.99. The van der Waals surface area contributed by atoms with Crippen LogP contribution in [0.1, 0.15) is 36.8 Å². The van der Waals surface area contributed by atoms with Crippen LogP contribution in [0, 0.1) is 25.2 Å². The number of carbonyl (C=O) groups excluding carboxylic acids is 2. The molecule has 1 aliphatic rings. The van der Waals surface area contributed by atoms with Gasteiger partial charge in [0, 0.05) is 0 Å². The molecule has 0 bridgehead atoms. The predicted molar refractivity (Wildman–Crippen MR) is 105 cm³/mol. The first-order chi connectivity index (χ1) is 13.9. The van der Waals surface area contributed by atoms with Crippen molar-refractivity contribution in [2.45, 2.75) is 50.2 Å². The summed E-state index contributed by atoms with van der Waals surface area (Å²) in [6, 6.07) is 8.11. The summed E-state index contributed by atoms with van der Waals surface area (Å²) in [6.45, 7) is 3.52. The van der Waals surface area contributed by atoms with Crippen molar-refractivity contribution < 1.29 is 14.3 Å². The number of thioether (sulfide) groups is 1. The Morgan fingerprint density at radius 1 is 1.34 bits per heavy atom. The first-order valence-electron chi connectivity index (χ1n) is 9.29. The van der Waals surface area contributed by atoms with Gasteiger partial charge in [-0.3, -0.25) is 9.59 Å². The molecule has 29 heavy (non-hydrogen) atoms. The minimum absolute atomic E-state index is 0.0398. The molecule has 0 saturated heterocycles. The van der Waals surface area contributed by atoms with E-state index in [2.05, 4.69) is 26.9 Å². The predicted octanol–water partition coefficient (Wildman–Crippen LogP) is 1.87. The lowest BCUT2D eigenvalue weighted by molar-refractivity contribution is -0.146. The molecule has 10 heteroatoms. The number of aryl methyl sites for hydroxylation is 2. The Morgan fingerprint density at radius 3 is 2.83 bits per heavy atom. The van der Waals surface area contributed by atoms with Gasteiger partial charge in [-0.2, -0.15) is 9.94 Å². The molecule has 0 unspecified atom stereocenters. The van der Waals surface area contributed by atoms with Crippen LogP contribution in [0.5, 0.6) is 0 Å². The number of hydrogen-bond acceptors (Lipinski definition) is 8. The third-order valence-corrected chi connectivity index (χ3v) is 5.66. The fourth-order valence-corrected chi connectivity index (χ4v) is 3.91. The van der Waals surface area contributed by atoms with E-state index in [1.54, 1.807) is 4.68 Å². The van der Waals surface area contributed by atoms with E-state index in [1.165, 1.54) is 0 Å². The van der Waals surface area contributed by atoms with Gasteiger partial charge in [0.25, 0.3) is 5.91 Å². The van der Waals surface area contributed by atoms with Crippen molar-refractivity contribution in [2.75, 3.05) is 12.4 Å². The molecule has 1 aromatic carbocycles. The summed E-state index contributed by atoms with van der Waals surface area (Å²) in [6.07, 6.45) is 3.05. The van der Waals surface area contributed by atoms with Gasteiger partial charge in [0.1, 0.15) is 5.54 Å². The Balaban J connectivity index is 1.52. The second kappa shape index (κ2) is 9.05. The summed E-state index contributed by atoms with van der Waals surface area (Å²) in [7, 11) is 0. The van der Waals surface area contributed by atoms with Gasteiger partial charge in [0.05, 0.1) is 17.5 Å². The molecule has 2 aromatic rings. The Hall–Kier alpha value is -2.93. The zero-order valence-electron chi connectivity index (χ0n) is 16.3. The standard InChI is InChI=1S/C19H22N6O3S/c1-13-5-6-14(2)15(9-13)25-18(22-23-24-25)29-11-17(27)28-10-16(26)21-19(12-20)7-3-4-8-19/h5-6,9H,3-4,7-8,10-11H2,1-2H3,(H,21,26). The van der Waals surface area contributed by atoms with Crippen molar-refractivity contribution in [3.8, 4) is 11.8 Å². The molecule has 1 amide bonds. The molecular formula is C19H22N6O3S. The van der Waals surface area contributed by atoms with Gasteiger partial charge in [-0.15, -0.1) is 5.10 Å². The Kier molecular flexibility index (Phi) is 6.49. The van der Waals surface area contributed by atoms with Crippen LogP contribution < -0.4 is 5.32 Å². The van der Waals surface area contributed by atoms with E-state index < -0.39 is 24.0 Å². The van der Waals surface area contributed by atoms with Gasteiger partial charge in [-0.1, -0.05) is 23.9 Å². The molecule has 1 N–H and O–H groups in total. The fourth-order valence-electron chi connectivity index (χ4n) is 3.23. The number of tetrazole rings is 1. The molecule has 1 heterocycles. The quantitative estimate of drug-likeness (QED) is 0.538. The number of amides is 1. The van der Waals surface area contributed by atoms with E-state index in [0.29, 0.717) is 18.0 Å². The van der Waals surface area contributed by atoms with E-state index >= 15 is 0 Å². The van der Waals surface area contributed by atoms with E-state index in [-0.39, 0.29) is 5.75 Å². The van der Waals surface area contributed by atoms with Crippen molar-refractivity contribution in [2.24, 2.45) is 0 Å². The summed E-state index contributed by atoms with van der Waals surface area (Å²) < 4.78 is 6.60. The topological polar surface area (TPSA) is 123 Å². The van der Waals surface area contributed by atoms with Crippen molar-refractivity contribution in [1.29, 1.82) is 5.26 Å². The van der Waals surface area contributed by atoms with Gasteiger partial charge in [-0.05, 0) is 67.2 Å². The van der Waals surface area contributed by atoms with Gasteiger partial charge in [0.15, 0.2) is 6.61 Å².